The fourth-order valence-electron chi connectivity index (χ4n) is 4.08. The SMILES string of the molecule is Cc1c(C(=O)N2CCC(c3ccc(F)nc3)CC2)cnn1-c1nn2cccc2c(=O)[nH]1. The average Bonchev–Trinajstić information content (AvgIpc) is 3.41. The van der Waals surface area contributed by atoms with Crippen LogP contribution in [0, 0.1) is 12.9 Å². The second-order valence-corrected chi connectivity index (χ2v) is 7.65. The number of piperidine rings is 1. The highest BCUT2D eigenvalue weighted by Crippen LogP contribution is 2.28. The first-order chi connectivity index (χ1) is 15.0. The van der Waals surface area contributed by atoms with Crippen LogP contribution in [-0.2, 0) is 0 Å². The maximum atomic E-state index is 13.1. The Bertz CT molecular complexity index is 1310. The monoisotopic (exact) mass is 421 g/mol. The van der Waals surface area contributed by atoms with E-state index in [4.69, 9.17) is 0 Å². The number of carbonyl (C=O) groups is 1. The molecule has 0 bridgehead atoms. The molecule has 0 saturated carbocycles. The molecule has 1 fully saturated rings. The zero-order valence-corrected chi connectivity index (χ0v) is 16.8. The minimum absolute atomic E-state index is 0.108. The van der Waals surface area contributed by atoms with Crippen LogP contribution in [0.1, 0.15) is 40.4 Å². The molecule has 0 aliphatic carbocycles. The van der Waals surface area contributed by atoms with Gasteiger partial charge in [-0.1, -0.05) is 6.07 Å². The molecule has 10 heteroatoms. The summed E-state index contributed by atoms with van der Waals surface area (Å²) in [7, 11) is 0. The number of halogens is 1. The van der Waals surface area contributed by atoms with Crippen LogP contribution in [0.25, 0.3) is 11.5 Å². The predicted octanol–water partition coefficient (Wildman–Crippen LogP) is 2.07. The molecule has 5 heterocycles. The highest BCUT2D eigenvalue weighted by atomic mass is 19.1. The van der Waals surface area contributed by atoms with Crippen LogP contribution in [0.2, 0.25) is 0 Å². The zero-order valence-electron chi connectivity index (χ0n) is 16.8. The van der Waals surface area contributed by atoms with Gasteiger partial charge in [0, 0.05) is 25.5 Å². The van der Waals surface area contributed by atoms with Gasteiger partial charge in [-0.2, -0.15) is 9.49 Å². The summed E-state index contributed by atoms with van der Waals surface area (Å²) >= 11 is 0. The van der Waals surface area contributed by atoms with E-state index in [2.05, 4.69) is 20.2 Å². The lowest BCUT2D eigenvalue weighted by Crippen LogP contribution is -2.38. The third kappa shape index (κ3) is 3.39. The van der Waals surface area contributed by atoms with Gasteiger partial charge in [-0.3, -0.25) is 14.6 Å². The summed E-state index contributed by atoms with van der Waals surface area (Å²) in [4.78, 5) is 33.6. The molecule has 9 nitrogen and oxygen atoms in total. The summed E-state index contributed by atoms with van der Waals surface area (Å²) in [6.07, 6.45) is 6.32. The molecule has 31 heavy (non-hydrogen) atoms. The third-order valence-corrected chi connectivity index (χ3v) is 5.83. The highest BCUT2D eigenvalue weighted by Gasteiger charge is 2.27. The van der Waals surface area contributed by atoms with E-state index in [1.54, 1.807) is 42.4 Å². The summed E-state index contributed by atoms with van der Waals surface area (Å²) in [5.41, 5.74) is 2.22. The van der Waals surface area contributed by atoms with Gasteiger partial charge in [0.1, 0.15) is 5.52 Å². The van der Waals surface area contributed by atoms with Crippen molar-refractivity contribution in [1.82, 2.24) is 34.3 Å². The van der Waals surface area contributed by atoms with Crippen molar-refractivity contribution in [2.45, 2.75) is 25.7 Å². The van der Waals surface area contributed by atoms with Crippen LogP contribution in [0.3, 0.4) is 0 Å². The smallest absolute Gasteiger partial charge is 0.276 e. The molecule has 4 aromatic rings. The van der Waals surface area contributed by atoms with Crippen LogP contribution in [0.4, 0.5) is 4.39 Å². The van der Waals surface area contributed by atoms with Crippen LogP contribution in [0.15, 0.2) is 47.7 Å². The first-order valence-corrected chi connectivity index (χ1v) is 10.0. The number of pyridine rings is 1. The van der Waals surface area contributed by atoms with Gasteiger partial charge in [-0.05, 0) is 49.4 Å². The Balaban J connectivity index is 1.34. The van der Waals surface area contributed by atoms with E-state index in [-0.39, 0.29) is 23.3 Å². The predicted molar refractivity (Wildman–Crippen MR) is 110 cm³/mol. The van der Waals surface area contributed by atoms with E-state index >= 15 is 0 Å². The number of carbonyl (C=O) groups excluding carboxylic acids is 1. The van der Waals surface area contributed by atoms with Crippen LogP contribution < -0.4 is 5.56 Å². The Morgan fingerprint density at radius 2 is 2.00 bits per heavy atom. The van der Waals surface area contributed by atoms with E-state index in [1.165, 1.54) is 21.5 Å². The molecular formula is C21H20FN7O2. The first-order valence-electron chi connectivity index (χ1n) is 10.0. The van der Waals surface area contributed by atoms with Crippen molar-refractivity contribution in [3.05, 3.63) is 76.0 Å². The fraction of sp³-hybridized carbons (Fsp3) is 0.286. The van der Waals surface area contributed by atoms with E-state index in [9.17, 15) is 14.0 Å². The molecule has 0 radical (unpaired) electrons. The topological polar surface area (TPSA) is 101 Å². The van der Waals surface area contributed by atoms with Crippen LogP contribution in [0.5, 0.6) is 0 Å². The zero-order chi connectivity index (χ0) is 21.5. The minimum atomic E-state index is -0.490. The molecule has 1 N–H and O–H groups in total. The molecule has 0 unspecified atom stereocenters. The van der Waals surface area contributed by atoms with Crippen molar-refractivity contribution in [3.8, 4) is 5.95 Å². The molecule has 0 aromatic carbocycles. The van der Waals surface area contributed by atoms with Crippen LogP contribution >= 0.6 is 0 Å². The molecule has 4 aromatic heterocycles. The van der Waals surface area contributed by atoms with Gasteiger partial charge in [-0.25, -0.2) is 14.2 Å². The number of nitrogens with zero attached hydrogens (tertiary/aromatic N) is 6. The molecule has 1 aliphatic heterocycles. The largest absolute Gasteiger partial charge is 0.338 e. The normalized spacial score (nSPS) is 15.0. The summed E-state index contributed by atoms with van der Waals surface area (Å²) in [6.45, 7) is 2.96. The maximum Gasteiger partial charge on any atom is 0.276 e. The number of aromatic amines is 1. The van der Waals surface area contributed by atoms with Crippen LogP contribution in [-0.4, -0.2) is 53.3 Å². The number of H-pyrrole nitrogens is 1. The molecule has 1 aliphatic rings. The molecule has 5 rings (SSSR count). The van der Waals surface area contributed by atoms with Crippen molar-refractivity contribution in [3.63, 3.8) is 0 Å². The molecule has 0 spiro atoms. The van der Waals surface area contributed by atoms with Crippen molar-refractivity contribution in [2.75, 3.05) is 13.1 Å². The van der Waals surface area contributed by atoms with Gasteiger partial charge in [0.25, 0.3) is 11.5 Å². The number of nitrogens with one attached hydrogen (secondary N) is 1. The molecule has 0 atom stereocenters. The van der Waals surface area contributed by atoms with Gasteiger partial charge in [0.15, 0.2) is 0 Å². The van der Waals surface area contributed by atoms with Gasteiger partial charge >= 0.3 is 0 Å². The van der Waals surface area contributed by atoms with Gasteiger partial charge in [-0.15, -0.1) is 5.10 Å². The maximum absolute atomic E-state index is 13.1. The number of hydrogen-bond donors (Lipinski definition) is 1. The third-order valence-electron chi connectivity index (χ3n) is 5.83. The number of aromatic nitrogens is 6. The fourth-order valence-corrected chi connectivity index (χ4v) is 4.08. The summed E-state index contributed by atoms with van der Waals surface area (Å²) in [5, 5.41) is 8.65. The summed E-state index contributed by atoms with van der Waals surface area (Å²) in [6, 6.07) is 6.53. The van der Waals surface area contributed by atoms with Gasteiger partial charge < -0.3 is 4.90 Å². The van der Waals surface area contributed by atoms with E-state index < -0.39 is 5.95 Å². The minimum Gasteiger partial charge on any atom is -0.338 e. The summed E-state index contributed by atoms with van der Waals surface area (Å²) in [5.74, 6) is -0.101. The van der Waals surface area contributed by atoms with Gasteiger partial charge in [0.05, 0.1) is 17.5 Å². The Morgan fingerprint density at radius 3 is 2.74 bits per heavy atom. The number of likely N-dealkylation sites (tertiary alicyclic amines) is 1. The number of hydrogen-bond acceptors (Lipinski definition) is 5. The van der Waals surface area contributed by atoms with Crippen molar-refractivity contribution >= 4 is 11.4 Å². The summed E-state index contributed by atoms with van der Waals surface area (Å²) < 4.78 is 16.0. The number of fused-ring (bicyclic) bond motifs is 1. The quantitative estimate of drug-likeness (QED) is 0.511. The van der Waals surface area contributed by atoms with Gasteiger partial charge in [0.2, 0.25) is 11.9 Å². The average molecular weight is 421 g/mol. The Morgan fingerprint density at radius 1 is 1.19 bits per heavy atom. The van der Waals surface area contributed by atoms with E-state index in [0.717, 1.165) is 18.4 Å². The Hall–Kier alpha value is -3.82. The number of rotatable bonds is 3. The first kappa shape index (κ1) is 19.2. The second-order valence-electron chi connectivity index (χ2n) is 7.65. The second kappa shape index (κ2) is 7.46. The lowest BCUT2D eigenvalue weighted by Gasteiger charge is -2.32. The van der Waals surface area contributed by atoms with E-state index in [1.807, 2.05) is 0 Å². The number of amides is 1. The lowest BCUT2D eigenvalue weighted by molar-refractivity contribution is 0.0712. The van der Waals surface area contributed by atoms with Crippen molar-refractivity contribution in [2.24, 2.45) is 0 Å². The molecular weight excluding hydrogens is 401 g/mol. The lowest BCUT2D eigenvalue weighted by atomic mass is 9.90. The molecule has 158 valence electrons. The highest BCUT2D eigenvalue weighted by molar-refractivity contribution is 5.95. The molecule has 1 saturated heterocycles. The molecule has 1 amide bonds. The van der Waals surface area contributed by atoms with Crippen molar-refractivity contribution < 1.29 is 9.18 Å². The Kier molecular flexibility index (Phi) is 4.61. The Labute approximate surface area is 176 Å². The van der Waals surface area contributed by atoms with Crippen molar-refractivity contribution in [1.29, 1.82) is 0 Å². The van der Waals surface area contributed by atoms with E-state index in [0.29, 0.717) is 29.9 Å². The standard InChI is InChI=1S/C21H20FN7O2/c1-13-16(12-24-29(13)21-25-19(30)17-3-2-8-28(17)26-21)20(31)27-9-6-14(7-10-27)15-4-5-18(22)23-11-15/h2-5,8,11-12,14H,6-7,9-10H2,1H3,(H,25,26,30).